The van der Waals surface area contributed by atoms with Crippen molar-refractivity contribution in [2.45, 2.75) is 24.7 Å². The van der Waals surface area contributed by atoms with E-state index in [0.717, 1.165) is 18.4 Å². The van der Waals surface area contributed by atoms with Crippen LogP contribution < -0.4 is 0 Å². The summed E-state index contributed by atoms with van der Waals surface area (Å²) in [6.45, 7) is 2.03. The normalized spacial score (nSPS) is 12.3. The minimum Gasteiger partial charge on any atom is -0.364 e. The highest BCUT2D eigenvalue weighted by molar-refractivity contribution is 7.84. The fraction of sp³-hybridized carbons (Fsp3) is 0.286. The highest BCUT2D eigenvalue weighted by Crippen LogP contribution is 2.16. The minimum atomic E-state index is -1.04. The van der Waals surface area contributed by atoms with Crippen LogP contribution in [0.25, 0.3) is 0 Å². The second-order valence-electron chi connectivity index (χ2n) is 4.25. The number of hydrogen-bond donors (Lipinski definition) is 0. The van der Waals surface area contributed by atoms with Gasteiger partial charge in [0.2, 0.25) is 5.78 Å². The van der Waals surface area contributed by atoms with E-state index in [0.29, 0.717) is 16.2 Å². The minimum absolute atomic E-state index is 0.161. The molecule has 1 atom stereocenters. The standard InChI is InChI=1S/C14H15NO3S/c1-3-4-11-9-18-15-13(11)14(16)10-5-7-12(8-6-10)19(2)17/h5-9H,3-4H2,1-2H3. The summed E-state index contributed by atoms with van der Waals surface area (Å²) >= 11 is 0. The van der Waals surface area contributed by atoms with E-state index in [-0.39, 0.29) is 5.78 Å². The number of benzene rings is 1. The highest BCUT2D eigenvalue weighted by Gasteiger charge is 2.17. The van der Waals surface area contributed by atoms with Crippen molar-refractivity contribution in [3.05, 3.63) is 47.3 Å². The van der Waals surface area contributed by atoms with Gasteiger partial charge in [-0.25, -0.2) is 0 Å². The number of aryl methyl sites for hydroxylation is 1. The Morgan fingerprint density at radius 3 is 2.58 bits per heavy atom. The predicted molar refractivity (Wildman–Crippen MR) is 72.7 cm³/mol. The van der Waals surface area contributed by atoms with Gasteiger partial charge in [-0.05, 0) is 30.7 Å². The molecule has 1 unspecified atom stereocenters. The van der Waals surface area contributed by atoms with E-state index in [1.165, 1.54) is 6.26 Å². The Hall–Kier alpha value is -1.75. The smallest absolute Gasteiger partial charge is 0.215 e. The van der Waals surface area contributed by atoms with Crippen molar-refractivity contribution in [1.82, 2.24) is 5.16 Å². The van der Waals surface area contributed by atoms with Crippen molar-refractivity contribution in [3.63, 3.8) is 0 Å². The summed E-state index contributed by atoms with van der Waals surface area (Å²) in [7, 11) is -1.04. The maximum Gasteiger partial charge on any atom is 0.215 e. The van der Waals surface area contributed by atoms with Gasteiger partial charge >= 0.3 is 0 Å². The average molecular weight is 277 g/mol. The van der Waals surface area contributed by atoms with E-state index in [9.17, 15) is 9.00 Å². The lowest BCUT2D eigenvalue weighted by molar-refractivity contribution is 0.102. The fourth-order valence-corrected chi connectivity index (χ4v) is 2.35. The molecule has 0 saturated carbocycles. The predicted octanol–water partition coefficient (Wildman–Crippen LogP) is 2.60. The number of carbonyl (C=O) groups excluding carboxylic acids is 1. The Morgan fingerprint density at radius 2 is 2.00 bits per heavy atom. The summed E-state index contributed by atoms with van der Waals surface area (Å²) in [6.07, 6.45) is 4.82. The van der Waals surface area contributed by atoms with Crippen molar-refractivity contribution >= 4 is 16.6 Å². The number of nitrogens with zero attached hydrogens (tertiary/aromatic N) is 1. The fourth-order valence-electron chi connectivity index (χ4n) is 1.83. The largest absolute Gasteiger partial charge is 0.364 e. The summed E-state index contributed by atoms with van der Waals surface area (Å²) in [4.78, 5) is 13.0. The van der Waals surface area contributed by atoms with Crippen molar-refractivity contribution < 1.29 is 13.5 Å². The summed E-state index contributed by atoms with van der Waals surface area (Å²) in [5, 5.41) is 3.78. The molecule has 1 heterocycles. The molecule has 0 aliphatic carbocycles. The summed E-state index contributed by atoms with van der Waals surface area (Å²) in [6, 6.07) is 6.73. The molecule has 0 radical (unpaired) electrons. The Balaban J connectivity index is 2.28. The van der Waals surface area contributed by atoms with Crippen molar-refractivity contribution in [3.8, 4) is 0 Å². The molecular weight excluding hydrogens is 262 g/mol. The van der Waals surface area contributed by atoms with Crippen LogP contribution in [0.2, 0.25) is 0 Å². The van der Waals surface area contributed by atoms with Crippen LogP contribution in [0.3, 0.4) is 0 Å². The molecule has 1 aromatic carbocycles. The van der Waals surface area contributed by atoms with Gasteiger partial charge < -0.3 is 4.52 Å². The van der Waals surface area contributed by atoms with Gasteiger partial charge in [0.25, 0.3) is 0 Å². The van der Waals surface area contributed by atoms with E-state index in [4.69, 9.17) is 4.52 Å². The summed E-state index contributed by atoms with van der Waals surface area (Å²) in [5.41, 5.74) is 1.73. The first-order valence-corrected chi connectivity index (χ1v) is 7.60. The molecule has 4 nitrogen and oxygen atoms in total. The van der Waals surface area contributed by atoms with E-state index in [2.05, 4.69) is 5.16 Å². The monoisotopic (exact) mass is 277 g/mol. The van der Waals surface area contributed by atoms with E-state index >= 15 is 0 Å². The van der Waals surface area contributed by atoms with E-state index in [1.807, 2.05) is 6.92 Å². The van der Waals surface area contributed by atoms with Crippen LogP contribution in [-0.2, 0) is 17.2 Å². The molecule has 19 heavy (non-hydrogen) atoms. The van der Waals surface area contributed by atoms with Gasteiger partial charge in [-0.3, -0.25) is 9.00 Å². The molecular formula is C14H15NO3S. The van der Waals surface area contributed by atoms with Crippen LogP contribution in [0.4, 0.5) is 0 Å². The summed E-state index contributed by atoms with van der Waals surface area (Å²) < 4.78 is 16.2. The SMILES string of the molecule is CCCc1conc1C(=O)c1ccc(S(C)=O)cc1. The van der Waals surface area contributed by atoms with Gasteiger partial charge in [-0.15, -0.1) is 0 Å². The number of aromatic nitrogens is 1. The highest BCUT2D eigenvalue weighted by atomic mass is 32.2. The number of ketones is 1. The maximum absolute atomic E-state index is 12.3. The third kappa shape index (κ3) is 2.98. The zero-order chi connectivity index (χ0) is 13.8. The molecule has 0 amide bonds. The van der Waals surface area contributed by atoms with Crippen LogP contribution in [0.15, 0.2) is 39.9 Å². The molecule has 0 saturated heterocycles. The van der Waals surface area contributed by atoms with Crippen LogP contribution in [0, 0.1) is 0 Å². The van der Waals surface area contributed by atoms with Gasteiger partial charge in [-0.2, -0.15) is 0 Å². The first-order valence-electron chi connectivity index (χ1n) is 6.05. The number of carbonyl (C=O) groups is 1. The van der Waals surface area contributed by atoms with Crippen molar-refractivity contribution in [2.75, 3.05) is 6.26 Å². The number of hydrogen-bond acceptors (Lipinski definition) is 4. The van der Waals surface area contributed by atoms with Crippen LogP contribution in [-0.4, -0.2) is 21.4 Å². The average Bonchev–Trinajstić information content (AvgIpc) is 2.87. The lowest BCUT2D eigenvalue weighted by atomic mass is 10.0. The van der Waals surface area contributed by atoms with Gasteiger partial charge in [0.1, 0.15) is 6.26 Å². The molecule has 2 aromatic rings. The Labute approximate surface area is 114 Å². The third-order valence-corrected chi connectivity index (χ3v) is 3.76. The Morgan fingerprint density at radius 1 is 1.32 bits per heavy atom. The zero-order valence-electron chi connectivity index (χ0n) is 10.9. The molecule has 0 fully saturated rings. The van der Waals surface area contributed by atoms with Crippen LogP contribution in [0.5, 0.6) is 0 Å². The molecule has 0 aliphatic heterocycles. The van der Waals surface area contributed by atoms with Crippen LogP contribution >= 0.6 is 0 Å². The second-order valence-corrected chi connectivity index (χ2v) is 5.63. The van der Waals surface area contributed by atoms with Crippen molar-refractivity contribution in [1.29, 1.82) is 0 Å². The molecule has 5 heteroatoms. The Kier molecular flexibility index (Phi) is 4.27. The lowest BCUT2D eigenvalue weighted by Crippen LogP contribution is -2.05. The maximum atomic E-state index is 12.3. The first kappa shape index (κ1) is 13.7. The van der Waals surface area contributed by atoms with Crippen molar-refractivity contribution in [2.24, 2.45) is 0 Å². The molecule has 1 aromatic heterocycles. The van der Waals surface area contributed by atoms with Gasteiger partial charge in [0, 0.05) is 33.1 Å². The van der Waals surface area contributed by atoms with Crippen LogP contribution in [0.1, 0.15) is 35.0 Å². The van der Waals surface area contributed by atoms with Gasteiger partial charge in [0.15, 0.2) is 5.69 Å². The lowest BCUT2D eigenvalue weighted by Gasteiger charge is -2.01. The first-order chi connectivity index (χ1) is 9.13. The summed E-state index contributed by atoms with van der Waals surface area (Å²) in [5.74, 6) is -0.161. The molecule has 0 aliphatic rings. The molecule has 100 valence electrons. The third-order valence-electron chi connectivity index (χ3n) is 2.83. The van der Waals surface area contributed by atoms with E-state index < -0.39 is 10.8 Å². The molecule has 2 rings (SSSR count). The number of rotatable bonds is 5. The molecule has 0 spiro atoms. The molecule has 0 bridgehead atoms. The zero-order valence-corrected chi connectivity index (χ0v) is 11.7. The topological polar surface area (TPSA) is 60.2 Å². The van der Waals surface area contributed by atoms with E-state index in [1.54, 1.807) is 30.5 Å². The van der Waals surface area contributed by atoms with Gasteiger partial charge in [0.05, 0.1) is 0 Å². The molecule has 0 N–H and O–H groups in total. The quantitative estimate of drug-likeness (QED) is 0.788. The Bertz CT molecular complexity index is 601. The van der Waals surface area contributed by atoms with Gasteiger partial charge in [-0.1, -0.05) is 18.5 Å². The second kappa shape index (κ2) is 5.93.